The predicted octanol–water partition coefficient (Wildman–Crippen LogP) is 1.66. The van der Waals surface area contributed by atoms with Crippen molar-refractivity contribution in [2.45, 2.75) is 39.9 Å². The summed E-state index contributed by atoms with van der Waals surface area (Å²) < 4.78 is 22.5. The number of carbonyl (C=O) groups is 1. The molecule has 0 rings (SSSR count). The lowest BCUT2D eigenvalue weighted by Gasteiger charge is -2.22. The van der Waals surface area contributed by atoms with Gasteiger partial charge >= 0.3 is 13.6 Å². The molecule has 16 heavy (non-hydrogen) atoms. The molecular weight excluding hydrogens is 233 g/mol. The second-order valence-corrected chi connectivity index (χ2v) is 5.86. The van der Waals surface area contributed by atoms with Gasteiger partial charge in [0, 0.05) is 0 Å². The second-order valence-electron chi connectivity index (χ2n) is 3.90. The van der Waals surface area contributed by atoms with Gasteiger partial charge in [0.2, 0.25) is 0 Å². The molecule has 0 saturated heterocycles. The van der Waals surface area contributed by atoms with Gasteiger partial charge in [0.25, 0.3) is 0 Å². The van der Waals surface area contributed by atoms with E-state index in [0.29, 0.717) is 0 Å². The van der Waals surface area contributed by atoms with Gasteiger partial charge in [0.1, 0.15) is 0 Å². The summed E-state index contributed by atoms with van der Waals surface area (Å²) >= 11 is 0. The minimum absolute atomic E-state index is 0.102. The molecule has 0 saturated carbocycles. The van der Waals surface area contributed by atoms with E-state index in [9.17, 15) is 9.36 Å². The third-order valence-corrected chi connectivity index (χ3v) is 3.42. The highest BCUT2D eigenvalue weighted by Gasteiger charge is 2.27. The van der Waals surface area contributed by atoms with Crippen molar-refractivity contribution < 1.29 is 23.5 Å². The Kier molecular flexibility index (Phi) is 6.83. The fourth-order valence-corrected chi connectivity index (χ4v) is 2.91. The minimum atomic E-state index is -3.26. The van der Waals surface area contributed by atoms with Crippen molar-refractivity contribution >= 4 is 13.6 Å². The molecule has 0 spiro atoms. The molecule has 7 heteroatoms. The van der Waals surface area contributed by atoms with E-state index in [0.717, 1.165) is 0 Å². The number of hydrogen-bond acceptors (Lipinski definition) is 5. The summed E-state index contributed by atoms with van der Waals surface area (Å²) in [6.45, 7) is 6.70. The molecule has 0 aliphatic carbocycles. The molecule has 0 amide bonds. The molecule has 0 aromatic rings. The lowest BCUT2D eigenvalue weighted by molar-refractivity contribution is -0.135. The molecule has 0 heterocycles. The van der Waals surface area contributed by atoms with Crippen LogP contribution in [0.25, 0.3) is 0 Å². The number of rotatable bonds is 8. The van der Waals surface area contributed by atoms with Crippen molar-refractivity contribution in [3.63, 3.8) is 0 Å². The zero-order valence-corrected chi connectivity index (χ0v) is 11.0. The Balaban J connectivity index is 4.30. The SMILES string of the molecule is CC(C)OP(=O)(CNCC(=O)O)OC(C)C. The molecule has 6 nitrogen and oxygen atoms in total. The smallest absolute Gasteiger partial charge is 0.344 e. The Bertz CT molecular complexity index is 253. The van der Waals surface area contributed by atoms with Crippen LogP contribution in [-0.4, -0.2) is 36.1 Å². The second kappa shape index (κ2) is 7.01. The summed E-state index contributed by atoms with van der Waals surface area (Å²) in [6.07, 6.45) is -0.581. The third-order valence-electron chi connectivity index (χ3n) is 1.32. The molecule has 96 valence electrons. The number of aliphatic carboxylic acids is 1. The van der Waals surface area contributed by atoms with Gasteiger partial charge in [-0.2, -0.15) is 0 Å². The van der Waals surface area contributed by atoms with Crippen LogP contribution in [0.3, 0.4) is 0 Å². The Morgan fingerprint density at radius 1 is 1.25 bits per heavy atom. The van der Waals surface area contributed by atoms with E-state index in [4.69, 9.17) is 14.2 Å². The summed E-state index contributed by atoms with van der Waals surface area (Å²) in [4.78, 5) is 10.3. The van der Waals surface area contributed by atoms with E-state index < -0.39 is 13.6 Å². The van der Waals surface area contributed by atoms with Gasteiger partial charge in [0.15, 0.2) is 0 Å². The van der Waals surface area contributed by atoms with Gasteiger partial charge < -0.3 is 14.2 Å². The Labute approximate surface area is 95.9 Å². The number of nitrogens with one attached hydrogen (secondary N) is 1. The average molecular weight is 253 g/mol. The highest BCUT2D eigenvalue weighted by atomic mass is 31.2. The van der Waals surface area contributed by atoms with Crippen molar-refractivity contribution in [3.05, 3.63) is 0 Å². The normalized spacial score (nSPS) is 12.4. The van der Waals surface area contributed by atoms with Gasteiger partial charge in [-0.3, -0.25) is 14.7 Å². The van der Waals surface area contributed by atoms with Crippen molar-refractivity contribution in [1.82, 2.24) is 5.32 Å². The van der Waals surface area contributed by atoms with Crippen LogP contribution in [0.15, 0.2) is 0 Å². The molecule has 0 aromatic carbocycles. The summed E-state index contributed by atoms with van der Waals surface area (Å²) in [5, 5.41) is 11.0. The lowest BCUT2D eigenvalue weighted by Crippen LogP contribution is -2.26. The van der Waals surface area contributed by atoms with E-state index in [-0.39, 0.29) is 25.0 Å². The predicted molar refractivity (Wildman–Crippen MR) is 60.6 cm³/mol. The van der Waals surface area contributed by atoms with Crippen molar-refractivity contribution in [2.24, 2.45) is 0 Å². The number of hydrogen-bond donors (Lipinski definition) is 2. The molecule has 0 aromatic heterocycles. The number of carboxylic acid groups (broad SMARTS) is 1. The van der Waals surface area contributed by atoms with Crippen LogP contribution in [-0.2, 0) is 18.4 Å². The third kappa shape index (κ3) is 7.82. The molecule has 0 fully saturated rings. The molecule has 2 N–H and O–H groups in total. The topological polar surface area (TPSA) is 84.9 Å². The van der Waals surface area contributed by atoms with E-state index in [1.165, 1.54) is 0 Å². The molecule has 0 unspecified atom stereocenters. The van der Waals surface area contributed by atoms with Crippen LogP contribution < -0.4 is 5.32 Å². The van der Waals surface area contributed by atoms with Gasteiger partial charge in [-0.25, -0.2) is 0 Å². The van der Waals surface area contributed by atoms with Gasteiger partial charge in [-0.05, 0) is 27.7 Å². The van der Waals surface area contributed by atoms with Gasteiger partial charge in [0.05, 0.1) is 25.0 Å². The van der Waals surface area contributed by atoms with Crippen molar-refractivity contribution in [3.8, 4) is 0 Å². The first kappa shape index (κ1) is 15.6. The molecular formula is C9H20NO5P. The Hall–Kier alpha value is -0.420. The van der Waals surface area contributed by atoms with Crippen LogP contribution in [0.1, 0.15) is 27.7 Å². The summed E-state index contributed by atoms with van der Waals surface area (Å²) in [7, 11) is -3.26. The highest BCUT2D eigenvalue weighted by Crippen LogP contribution is 2.49. The average Bonchev–Trinajstić information content (AvgIpc) is 1.98. The van der Waals surface area contributed by atoms with Crippen molar-refractivity contribution in [1.29, 1.82) is 0 Å². The van der Waals surface area contributed by atoms with E-state index >= 15 is 0 Å². The summed E-state index contributed by atoms with van der Waals surface area (Å²) in [5.41, 5.74) is 0. The molecule has 0 radical (unpaired) electrons. The van der Waals surface area contributed by atoms with Crippen LogP contribution in [0.2, 0.25) is 0 Å². The van der Waals surface area contributed by atoms with Crippen LogP contribution in [0.5, 0.6) is 0 Å². The quantitative estimate of drug-likeness (QED) is 0.640. The fraction of sp³-hybridized carbons (Fsp3) is 0.889. The van der Waals surface area contributed by atoms with Crippen LogP contribution in [0, 0.1) is 0 Å². The monoisotopic (exact) mass is 253 g/mol. The van der Waals surface area contributed by atoms with Crippen LogP contribution >= 0.6 is 7.60 Å². The zero-order chi connectivity index (χ0) is 12.8. The van der Waals surface area contributed by atoms with Crippen LogP contribution in [0.4, 0.5) is 0 Å². The van der Waals surface area contributed by atoms with Crippen molar-refractivity contribution in [2.75, 3.05) is 12.8 Å². The first-order valence-corrected chi connectivity index (χ1v) is 6.86. The number of carboxylic acids is 1. The first-order chi connectivity index (χ1) is 7.25. The fourth-order valence-electron chi connectivity index (χ4n) is 1.04. The van der Waals surface area contributed by atoms with Gasteiger partial charge in [-0.1, -0.05) is 0 Å². The molecule has 0 aliphatic rings. The summed E-state index contributed by atoms with van der Waals surface area (Å²) in [6, 6.07) is 0. The first-order valence-electron chi connectivity index (χ1n) is 5.13. The van der Waals surface area contributed by atoms with Gasteiger partial charge in [-0.15, -0.1) is 0 Å². The van der Waals surface area contributed by atoms with E-state index in [2.05, 4.69) is 5.32 Å². The lowest BCUT2D eigenvalue weighted by atomic mass is 10.5. The standard InChI is InChI=1S/C9H20NO5P/c1-7(2)14-16(13,15-8(3)4)6-10-5-9(11)12/h7-8,10H,5-6H2,1-4H3,(H,11,12). The highest BCUT2D eigenvalue weighted by molar-refractivity contribution is 7.53. The van der Waals surface area contributed by atoms with E-state index in [1.807, 2.05) is 0 Å². The minimum Gasteiger partial charge on any atom is -0.480 e. The maximum absolute atomic E-state index is 12.1. The molecule has 0 atom stereocenters. The Morgan fingerprint density at radius 2 is 1.69 bits per heavy atom. The van der Waals surface area contributed by atoms with E-state index in [1.54, 1.807) is 27.7 Å². The maximum atomic E-state index is 12.1. The largest absolute Gasteiger partial charge is 0.480 e. The molecule has 0 aliphatic heterocycles. The Morgan fingerprint density at radius 3 is 2.00 bits per heavy atom. The summed E-state index contributed by atoms with van der Waals surface area (Å²) in [5.74, 6) is -1.01. The molecule has 0 bridgehead atoms. The zero-order valence-electron chi connectivity index (χ0n) is 10.1. The maximum Gasteiger partial charge on any atom is 0.344 e.